The van der Waals surface area contributed by atoms with Gasteiger partial charge in [-0.3, -0.25) is 14.5 Å². The van der Waals surface area contributed by atoms with Crippen LogP contribution in [0.2, 0.25) is 5.02 Å². The molecule has 0 unspecified atom stereocenters. The van der Waals surface area contributed by atoms with Crippen molar-refractivity contribution in [1.29, 1.82) is 0 Å². The molecule has 0 spiro atoms. The van der Waals surface area contributed by atoms with Gasteiger partial charge in [-0.1, -0.05) is 29.4 Å². The molecule has 3 N–H and O–H groups in total. The summed E-state index contributed by atoms with van der Waals surface area (Å²) in [5.41, 5.74) is 1.24. The summed E-state index contributed by atoms with van der Waals surface area (Å²) in [6.45, 7) is 0.554. The molecule has 1 aliphatic heterocycles. The third kappa shape index (κ3) is 4.82. The molecule has 3 rings (SSSR count). The molecule has 0 bridgehead atoms. The van der Waals surface area contributed by atoms with Gasteiger partial charge in [0.25, 0.3) is 5.24 Å². The van der Waals surface area contributed by atoms with Crippen LogP contribution in [0.25, 0.3) is 0 Å². The highest BCUT2D eigenvalue weighted by molar-refractivity contribution is 8.14. The number of hydrogen-bond donors (Lipinski definition) is 2. The van der Waals surface area contributed by atoms with E-state index in [9.17, 15) is 18.0 Å². The van der Waals surface area contributed by atoms with Gasteiger partial charge in [0.2, 0.25) is 15.9 Å². The van der Waals surface area contributed by atoms with Crippen molar-refractivity contribution in [2.75, 3.05) is 22.5 Å². The number of fused-ring (bicyclic) bond motifs is 1. The van der Waals surface area contributed by atoms with Crippen molar-refractivity contribution in [1.82, 2.24) is 4.98 Å². The summed E-state index contributed by atoms with van der Waals surface area (Å²) in [6, 6.07) is 7.51. The smallest absolute Gasteiger partial charge is 0.287 e. The lowest BCUT2D eigenvalue weighted by Gasteiger charge is -2.27. The maximum Gasteiger partial charge on any atom is 0.287 e. The number of primary sulfonamides is 1. The number of carbonyl (C=O) groups excluding carboxylic acids is 2. The number of anilines is 2. The number of aryl methyl sites for hydroxylation is 1. The Kier molecular flexibility index (Phi) is 6.23. The third-order valence-electron chi connectivity index (χ3n) is 4.04. The van der Waals surface area contributed by atoms with Gasteiger partial charge in [0.05, 0.1) is 21.4 Å². The number of nitrogens with two attached hydrogens (primary N) is 1. The van der Waals surface area contributed by atoms with Crippen LogP contribution in [0.1, 0.15) is 12.0 Å². The largest absolute Gasteiger partial charge is 0.324 e. The summed E-state index contributed by atoms with van der Waals surface area (Å²) in [5, 5.41) is 7.36. The number of pyridine rings is 1. The lowest BCUT2D eigenvalue weighted by molar-refractivity contribution is -0.113. The average Bonchev–Trinajstić information content (AvgIpc) is 2.66. The number of hydrogen-bond acceptors (Lipinski definition) is 6. The maximum absolute atomic E-state index is 12.5. The normalized spacial score (nSPS) is 13.7. The number of halogens is 1. The highest BCUT2D eigenvalue weighted by Crippen LogP contribution is 2.28. The molecule has 0 saturated carbocycles. The van der Waals surface area contributed by atoms with Crippen LogP contribution < -0.4 is 15.4 Å². The highest BCUT2D eigenvalue weighted by Gasteiger charge is 2.24. The van der Waals surface area contributed by atoms with Crippen LogP contribution in [-0.4, -0.2) is 36.8 Å². The van der Waals surface area contributed by atoms with E-state index < -0.39 is 15.9 Å². The number of amides is 2. The Morgan fingerprint density at radius 3 is 2.82 bits per heavy atom. The van der Waals surface area contributed by atoms with Gasteiger partial charge >= 0.3 is 0 Å². The first-order valence-corrected chi connectivity index (χ1v) is 11.2. The van der Waals surface area contributed by atoms with Crippen molar-refractivity contribution in [3.63, 3.8) is 0 Å². The number of sulfonamides is 1. The van der Waals surface area contributed by atoms with E-state index >= 15 is 0 Å². The molecule has 0 aliphatic carbocycles. The Morgan fingerprint density at radius 2 is 2.11 bits per heavy atom. The molecule has 0 saturated heterocycles. The SMILES string of the molecule is NS(=O)(=O)c1ccc(NC(=O)CSC(=O)N2CCCc3cccnc32)c(Cl)c1. The van der Waals surface area contributed by atoms with Crippen molar-refractivity contribution in [3.8, 4) is 0 Å². The van der Waals surface area contributed by atoms with Gasteiger partial charge in [-0.05, 0) is 42.7 Å². The Bertz CT molecular complexity index is 1030. The molecule has 1 aromatic carbocycles. The molecule has 2 amide bonds. The maximum atomic E-state index is 12.5. The molecule has 2 aromatic rings. The molecule has 1 aliphatic rings. The Hall–Kier alpha value is -2.14. The van der Waals surface area contributed by atoms with Crippen LogP contribution in [0, 0.1) is 0 Å². The number of nitrogens with one attached hydrogen (secondary N) is 1. The number of thioether (sulfide) groups is 1. The topological polar surface area (TPSA) is 122 Å². The molecule has 2 heterocycles. The average molecular weight is 441 g/mol. The van der Waals surface area contributed by atoms with Crippen LogP contribution in [0.15, 0.2) is 41.4 Å². The quantitative estimate of drug-likeness (QED) is 0.753. The number of nitrogens with zero attached hydrogens (tertiary/aromatic N) is 2. The molecular formula is C17H17ClN4O4S2. The van der Waals surface area contributed by atoms with Gasteiger partial charge in [0.1, 0.15) is 5.82 Å². The summed E-state index contributed by atoms with van der Waals surface area (Å²) >= 11 is 6.86. The first kappa shape index (κ1) is 20.6. The highest BCUT2D eigenvalue weighted by atomic mass is 35.5. The van der Waals surface area contributed by atoms with Crippen LogP contribution in [0.5, 0.6) is 0 Å². The summed E-state index contributed by atoms with van der Waals surface area (Å²) in [6.07, 6.45) is 3.34. The molecule has 0 atom stereocenters. The van der Waals surface area contributed by atoms with E-state index in [-0.39, 0.29) is 26.6 Å². The summed E-state index contributed by atoms with van der Waals surface area (Å²) in [7, 11) is -3.89. The van der Waals surface area contributed by atoms with Gasteiger partial charge in [-0.2, -0.15) is 0 Å². The van der Waals surface area contributed by atoms with Crippen LogP contribution in [0.3, 0.4) is 0 Å². The Balaban J connectivity index is 1.60. The fourth-order valence-electron chi connectivity index (χ4n) is 2.75. The molecule has 0 fully saturated rings. The van der Waals surface area contributed by atoms with E-state index in [1.807, 2.05) is 12.1 Å². The molecule has 28 heavy (non-hydrogen) atoms. The first-order chi connectivity index (χ1) is 13.3. The Morgan fingerprint density at radius 1 is 1.32 bits per heavy atom. The van der Waals surface area contributed by atoms with Gasteiger partial charge < -0.3 is 5.32 Å². The van der Waals surface area contributed by atoms with Crippen molar-refractivity contribution in [2.24, 2.45) is 5.14 Å². The molecule has 0 radical (unpaired) electrons. The van der Waals surface area contributed by atoms with E-state index in [2.05, 4.69) is 10.3 Å². The zero-order valence-electron chi connectivity index (χ0n) is 14.6. The van der Waals surface area contributed by atoms with Gasteiger partial charge in [0, 0.05) is 12.7 Å². The second-order valence-electron chi connectivity index (χ2n) is 6.03. The molecular weight excluding hydrogens is 424 g/mol. The second kappa shape index (κ2) is 8.48. The Labute approximate surface area is 171 Å². The number of aromatic nitrogens is 1. The molecule has 11 heteroatoms. The van der Waals surface area contributed by atoms with E-state index in [0.29, 0.717) is 12.4 Å². The van der Waals surface area contributed by atoms with Crippen molar-refractivity contribution < 1.29 is 18.0 Å². The summed E-state index contributed by atoms with van der Waals surface area (Å²) in [5.74, 6) is 0.0697. The molecule has 8 nitrogen and oxygen atoms in total. The fraction of sp³-hybridized carbons (Fsp3) is 0.235. The minimum absolute atomic E-state index is 0.0327. The van der Waals surface area contributed by atoms with Gasteiger partial charge in [-0.25, -0.2) is 18.5 Å². The lowest BCUT2D eigenvalue weighted by atomic mass is 10.1. The van der Waals surface area contributed by atoms with Crippen LogP contribution in [-0.2, 0) is 21.2 Å². The minimum atomic E-state index is -3.89. The van der Waals surface area contributed by atoms with Crippen LogP contribution >= 0.6 is 23.4 Å². The fourth-order valence-corrected chi connectivity index (χ4v) is 4.24. The summed E-state index contributed by atoms with van der Waals surface area (Å²) < 4.78 is 22.6. The number of benzene rings is 1. The summed E-state index contributed by atoms with van der Waals surface area (Å²) in [4.78, 5) is 30.3. The molecule has 1 aromatic heterocycles. The van der Waals surface area contributed by atoms with E-state index in [4.69, 9.17) is 16.7 Å². The van der Waals surface area contributed by atoms with E-state index in [1.54, 1.807) is 11.1 Å². The predicted molar refractivity (Wildman–Crippen MR) is 109 cm³/mol. The van der Waals surface area contributed by atoms with Crippen molar-refractivity contribution in [2.45, 2.75) is 17.7 Å². The van der Waals surface area contributed by atoms with E-state index in [0.717, 1.165) is 36.2 Å². The first-order valence-electron chi connectivity index (χ1n) is 8.26. The number of rotatable bonds is 4. The standard InChI is InChI=1S/C17H17ClN4O4S2/c18-13-9-12(28(19,25)26)5-6-14(13)21-15(23)10-27-17(24)22-8-2-4-11-3-1-7-20-16(11)22/h1,3,5-7,9H,2,4,8,10H2,(H,21,23)(H2,19,25,26). The minimum Gasteiger partial charge on any atom is -0.324 e. The zero-order valence-corrected chi connectivity index (χ0v) is 17.0. The molecule has 148 valence electrons. The monoisotopic (exact) mass is 440 g/mol. The lowest BCUT2D eigenvalue weighted by Crippen LogP contribution is -2.34. The van der Waals surface area contributed by atoms with Crippen LogP contribution in [0.4, 0.5) is 16.3 Å². The van der Waals surface area contributed by atoms with Crippen molar-refractivity contribution >= 4 is 56.0 Å². The van der Waals surface area contributed by atoms with E-state index in [1.165, 1.54) is 12.1 Å². The van der Waals surface area contributed by atoms with Gasteiger partial charge in [-0.15, -0.1) is 0 Å². The van der Waals surface area contributed by atoms with Crippen molar-refractivity contribution in [3.05, 3.63) is 47.1 Å². The zero-order chi connectivity index (χ0) is 20.3. The third-order valence-corrected chi connectivity index (χ3v) is 6.14. The second-order valence-corrected chi connectivity index (χ2v) is 8.93. The number of carbonyl (C=O) groups is 2. The van der Waals surface area contributed by atoms with Gasteiger partial charge in [0.15, 0.2) is 0 Å². The predicted octanol–water partition coefficient (Wildman–Crippen LogP) is 2.63.